The van der Waals surface area contributed by atoms with Crippen LogP contribution in [-0.2, 0) is 75.3 Å². The van der Waals surface area contributed by atoms with E-state index >= 15 is 0 Å². The maximum absolute atomic E-state index is 11.3. The third-order valence-corrected chi connectivity index (χ3v) is 13.4. The SMILES string of the molecule is C=C[C@@H]1OC(C)(C)O[C@@H]1C(O)(C=C)CP=O.C=C[C@@H]1OC(C)(C)O[C@@H]1CC(=O)CP=O.C=C[C@@H]1OC(C)(C)O[C@@H]1C[C@H](O)CP=O.CC1(C)O[C@@H]2C(CO)OC(O)[C@@H]2O1.CCC1OC(O)[C@@H]2OC(C)(C)O[C@H]12. The fraction of sp³-hybridized carbons (Fsp3) is 0.812. The predicted octanol–water partition coefficient (Wildman–Crippen LogP) is 5.43. The van der Waals surface area contributed by atoms with E-state index < -0.39 is 77.6 Å². The van der Waals surface area contributed by atoms with E-state index in [0.717, 1.165) is 6.42 Å². The van der Waals surface area contributed by atoms with Crippen molar-refractivity contribution in [3.05, 3.63) is 50.6 Å². The predicted molar refractivity (Wildman–Crippen MR) is 262 cm³/mol. The molecule has 0 amide bonds. The van der Waals surface area contributed by atoms with Gasteiger partial charge in [0, 0.05) is 12.8 Å². The lowest BCUT2D eigenvalue weighted by Crippen LogP contribution is -2.47. The number of fused-ring (bicyclic) bond motifs is 2. The maximum atomic E-state index is 11.3. The molecule has 7 aliphatic heterocycles. The molecular weight excluding hydrogens is 1010 g/mol. The van der Waals surface area contributed by atoms with Crippen LogP contribution in [-0.4, -0.2) is 183 Å². The molecule has 7 saturated heterocycles. The molecule has 0 spiro atoms. The first-order valence-electron chi connectivity index (χ1n) is 23.8. The summed E-state index contributed by atoms with van der Waals surface area (Å²) in [5, 5.41) is 47.6. The van der Waals surface area contributed by atoms with Gasteiger partial charge in [-0.1, -0.05) is 31.2 Å². The molecule has 0 bridgehead atoms. The van der Waals surface area contributed by atoms with Gasteiger partial charge in [-0.15, -0.1) is 26.3 Å². The van der Waals surface area contributed by atoms with Crippen LogP contribution in [0.15, 0.2) is 50.6 Å². The Labute approximate surface area is 428 Å². The lowest BCUT2D eigenvalue weighted by molar-refractivity contribution is -0.223. The summed E-state index contributed by atoms with van der Waals surface area (Å²) >= 11 is 0. The molecule has 21 nitrogen and oxygen atoms in total. The molecular formula is C48H79O21P3. The second-order valence-electron chi connectivity index (χ2n) is 20.1. The zero-order chi connectivity index (χ0) is 54.6. The number of ether oxygens (including phenoxy) is 12. The highest BCUT2D eigenvalue weighted by atomic mass is 31.1. The number of aliphatic hydroxyl groups is 5. The summed E-state index contributed by atoms with van der Waals surface area (Å²) in [7, 11) is -0.369. The monoisotopic (exact) mass is 1080 g/mol. The first-order valence-corrected chi connectivity index (χ1v) is 26.8. The number of aliphatic hydroxyl groups excluding tert-OH is 4. The van der Waals surface area contributed by atoms with Crippen molar-refractivity contribution in [2.45, 2.75) is 222 Å². The smallest absolute Gasteiger partial charge is 0.184 e. The quantitative estimate of drug-likeness (QED) is 0.0897. The molecule has 24 heteroatoms. The minimum Gasteiger partial charge on any atom is -0.394 e. The molecule has 72 heavy (non-hydrogen) atoms. The molecule has 0 aromatic carbocycles. The first-order chi connectivity index (χ1) is 33.4. The van der Waals surface area contributed by atoms with E-state index in [4.69, 9.17) is 61.9 Å². The molecule has 7 rings (SSSR count). The van der Waals surface area contributed by atoms with Crippen LogP contribution in [0, 0.1) is 0 Å². The number of carbonyl (C=O) groups excluding carboxylic acids is 1. The molecule has 0 saturated carbocycles. The van der Waals surface area contributed by atoms with Crippen LogP contribution in [0.25, 0.3) is 0 Å². The minimum absolute atomic E-state index is 0.0188. The normalized spacial score (nSPS) is 37.2. The molecule has 7 fully saturated rings. The Hall–Kier alpha value is -1.75. The van der Waals surface area contributed by atoms with Crippen LogP contribution in [0.1, 0.15) is 95.4 Å². The summed E-state index contributed by atoms with van der Waals surface area (Å²) in [6.45, 7) is 34.3. The lowest BCUT2D eigenvalue weighted by Gasteiger charge is -2.30. The van der Waals surface area contributed by atoms with Crippen LogP contribution >= 0.6 is 25.4 Å². The van der Waals surface area contributed by atoms with Crippen LogP contribution in [0.5, 0.6) is 0 Å². The van der Waals surface area contributed by atoms with Crippen molar-refractivity contribution in [2.75, 3.05) is 25.1 Å². The molecule has 0 radical (unpaired) electrons. The summed E-state index contributed by atoms with van der Waals surface area (Å²) in [5.74, 6) is -3.50. The number of hydrogen-bond acceptors (Lipinski definition) is 21. The molecule has 412 valence electrons. The van der Waals surface area contributed by atoms with Gasteiger partial charge in [0.2, 0.25) is 0 Å². The summed E-state index contributed by atoms with van der Waals surface area (Å²) < 4.78 is 97.0. The molecule has 5 unspecified atom stereocenters. The fourth-order valence-electron chi connectivity index (χ4n) is 8.77. The highest BCUT2D eigenvalue weighted by Gasteiger charge is 2.56. The molecule has 16 atom stereocenters. The fourth-order valence-corrected chi connectivity index (χ4v) is 9.88. The van der Waals surface area contributed by atoms with Gasteiger partial charge in [-0.2, -0.15) is 0 Å². The zero-order valence-corrected chi connectivity index (χ0v) is 46.0. The Kier molecular flexibility index (Phi) is 24.7. The highest BCUT2D eigenvalue weighted by Crippen LogP contribution is 2.40. The average molecular weight is 1090 g/mol. The Morgan fingerprint density at radius 2 is 1.03 bits per heavy atom. The van der Waals surface area contributed by atoms with Gasteiger partial charge in [0.05, 0.1) is 49.5 Å². The summed E-state index contributed by atoms with van der Waals surface area (Å²) in [6, 6.07) is 0. The van der Waals surface area contributed by atoms with Crippen molar-refractivity contribution in [2.24, 2.45) is 0 Å². The van der Waals surface area contributed by atoms with Crippen LogP contribution in [0.4, 0.5) is 0 Å². The Morgan fingerprint density at radius 1 is 0.597 bits per heavy atom. The Bertz CT molecular complexity index is 1770. The van der Waals surface area contributed by atoms with Crippen LogP contribution in [0.3, 0.4) is 0 Å². The molecule has 0 aromatic heterocycles. The van der Waals surface area contributed by atoms with E-state index in [0.29, 0.717) is 6.42 Å². The second kappa shape index (κ2) is 27.5. The van der Waals surface area contributed by atoms with Crippen molar-refractivity contribution >= 4 is 31.2 Å². The Balaban J connectivity index is 0.000000238. The molecule has 0 aromatic rings. The highest BCUT2D eigenvalue weighted by molar-refractivity contribution is 7.25. The number of Topliss-reactive ketones (excluding diaryl/α,β-unsaturated/α-hetero) is 1. The lowest BCUT2D eigenvalue weighted by atomic mass is 9.94. The van der Waals surface area contributed by atoms with Gasteiger partial charge in [0.1, 0.15) is 66.3 Å². The summed E-state index contributed by atoms with van der Waals surface area (Å²) in [5.41, 5.74) is -1.38. The molecule has 0 aliphatic carbocycles. The summed E-state index contributed by atoms with van der Waals surface area (Å²) in [4.78, 5) is 11.3. The molecule has 7 aliphatic rings. The van der Waals surface area contributed by atoms with Gasteiger partial charge in [-0.25, -0.2) is 0 Å². The Morgan fingerprint density at radius 3 is 1.47 bits per heavy atom. The van der Waals surface area contributed by atoms with Gasteiger partial charge in [0.25, 0.3) is 0 Å². The number of hydrogen-bond donors (Lipinski definition) is 5. The maximum Gasteiger partial charge on any atom is 0.184 e. The first kappa shape index (κ1) is 64.5. The van der Waals surface area contributed by atoms with E-state index in [-0.39, 0.29) is 112 Å². The van der Waals surface area contributed by atoms with Crippen molar-refractivity contribution < 1.29 is 101 Å². The molecule has 7 heterocycles. The zero-order valence-electron chi connectivity index (χ0n) is 43.4. The van der Waals surface area contributed by atoms with Crippen molar-refractivity contribution in [1.82, 2.24) is 0 Å². The van der Waals surface area contributed by atoms with Crippen LogP contribution < -0.4 is 0 Å². The van der Waals surface area contributed by atoms with Gasteiger partial charge < -0.3 is 82.4 Å². The average Bonchev–Trinajstić information content (AvgIpc) is 4.14. The van der Waals surface area contributed by atoms with Crippen LogP contribution in [0.2, 0.25) is 0 Å². The topological polar surface area (TPSA) is 280 Å². The van der Waals surface area contributed by atoms with E-state index in [1.54, 1.807) is 59.8 Å². The van der Waals surface area contributed by atoms with Gasteiger partial charge >= 0.3 is 0 Å². The van der Waals surface area contributed by atoms with Crippen molar-refractivity contribution in [3.8, 4) is 0 Å². The van der Waals surface area contributed by atoms with Gasteiger partial charge in [-0.05, 0) is 75.7 Å². The summed E-state index contributed by atoms with van der Waals surface area (Å²) in [6.07, 6.45) is 1.57. The number of rotatable bonds is 17. The largest absolute Gasteiger partial charge is 0.394 e. The third kappa shape index (κ3) is 18.5. The van der Waals surface area contributed by atoms with E-state index in [1.165, 1.54) is 6.08 Å². The number of carbonyl (C=O) groups is 1. The van der Waals surface area contributed by atoms with Gasteiger partial charge in [-0.3, -0.25) is 18.5 Å². The van der Waals surface area contributed by atoms with E-state index in [1.807, 2.05) is 34.6 Å². The van der Waals surface area contributed by atoms with Crippen molar-refractivity contribution in [3.63, 3.8) is 0 Å². The van der Waals surface area contributed by atoms with Gasteiger partial charge in [0.15, 0.2) is 66.9 Å². The second-order valence-corrected chi connectivity index (χ2v) is 21.8. The standard InChI is InChI=1S/C11H17O4P.C10H17O4P.C10H15O4P.C9H16O4.C8H14O5/c1-5-8-9(15-10(3,4)14-8)11(12,6-2)7-16-13;2*1-4-8-9(5-7(11)6-15-12)14-10(2,3)13-8;1-4-5-6-7(8(10)11-5)13-9(2,3)12-6;1-8(2)12-5-4(3-9)11-7(10)6(5)13-8/h5-6,8-9,12H,1-2,7H2,3-4H3;4,7-9,11H,1,5-6H2,2-3H3;4,8-9H,1,5-6H2,2-3H3;5-8,10H,4H2,1-3H3;4-7,9-10H,3H2,1-2H3/t8-,9-,11?;7-,8-,9+;8-,9+;5?,6-,7-,8?;4?,5-,6-,7?/m00011/s1. The minimum atomic E-state index is -1.38. The molecule has 5 N–H and O–H groups in total. The third-order valence-electron chi connectivity index (χ3n) is 11.7. The van der Waals surface area contributed by atoms with Crippen molar-refractivity contribution in [1.29, 1.82) is 0 Å². The van der Waals surface area contributed by atoms with E-state index in [2.05, 4.69) is 26.3 Å². The number of ketones is 1. The van der Waals surface area contributed by atoms with E-state index in [9.17, 15) is 38.9 Å².